The molecule has 2 aliphatic heterocycles. The first kappa shape index (κ1) is 50.9. The zero-order valence-corrected chi connectivity index (χ0v) is 39.2. The van der Waals surface area contributed by atoms with Gasteiger partial charge in [-0.05, 0) is 24.3 Å². The van der Waals surface area contributed by atoms with Crippen molar-refractivity contribution in [1.82, 2.24) is 9.13 Å². The number of carbonyl (C=O) groups is 9. The summed E-state index contributed by atoms with van der Waals surface area (Å²) in [6, 6.07) is 9.28. The van der Waals surface area contributed by atoms with E-state index < -0.39 is 128 Å². The van der Waals surface area contributed by atoms with Gasteiger partial charge in [0, 0.05) is 89.7 Å². The maximum atomic E-state index is 15.4. The third-order valence-corrected chi connectivity index (χ3v) is 11.2. The van der Waals surface area contributed by atoms with Gasteiger partial charge in [0.2, 0.25) is 0 Å². The molecule has 6 rings (SSSR count). The molecule has 2 aromatic heterocycles. The van der Waals surface area contributed by atoms with Gasteiger partial charge in [-0.3, -0.25) is 43.2 Å². The monoisotopic (exact) mass is 988 g/mol. The van der Waals surface area contributed by atoms with Crippen LogP contribution in [0.4, 0.5) is 0 Å². The Balaban J connectivity index is 1.56. The van der Waals surface area contributed by atoms with E-state index in [0.29, 0.717) is 0 Å². The Morgan fingerprint density at radius 1 is 0.456 bits per heavy atom. The van der Waals surface area contributed by atoms with Gasteiger partial charge in [0.15, 0.2) is 54.9 Å². The summed E-state index contributed by atoms with van der Waals surface area (Å²) in [6.45, 7) is 7.68. The Morgan fingerprint density at radius 2 is 0.765 bits per heavy atom. The van der Waals surface area contributed by atoms with E-state index in [0.717, 1.165) is 55.4 Å². The van der Waals surface area contributed by atoms with Crippen LogP contribution in [0.25, 0.3) is 21.8 Å². The highest BCUT2D eigenvalue weighted by Gasteiger charge is 2.55. The van der Waals surface area contributed by atoms with Crippen LogP contribution in [0.2, 0.25) is 10.0 Å². The molecule has 10 atom stereocenters. The van der Waals surface area contributed by atoms with Crippen LogP contribution < -0.4 is 0 Å². The molecule has 0 amide bonds. The molecule has 23 heteroatoms. The van der Waals surface area contributed by atoms with Crippen molar-refractivity contribution in [3.8, 4) is 0 Å². The molecule has 2 aromatic carbocycles. The number of aromatic nitrogens is 2. The maximum Gasteiger partial charge on any atom is 0.303 e. The van der Waals surface area contributed by atoms with Crippen LogP contribution in [0.15, 0.2) is 48.8 Å². The molecular formula is C45H46Cl2N2O19. The summed E-state index contributed by atoms with van der Waals surface area (Å²) in [4.78, 5) is 115. The number of halogens is 2. The van der Waals surface area contributed by atoms with Crippen LogP contribution in [-0.4, -0.2) is 125 Å². The molecule has 0 bridgehead atoms. The number of ketones is 1. The fourth-order valence-electron chi connectivity index (χ4n) is 8.30. The number of carbonyl (C=O) groups excluding carboxylic acids is 9. The molecule has 2 saturated heterocycles. The number of benzene rings is 2. The molecule has 0 saturated carbocycles. The van der Waals surface area contributed by atoms with E-state index in [4.69, 9.17) is 70.6 Å². The minimum atomic E-state index is -1.58. The van der Waals surface area contributed by atoms with E-state index in [1.165, 1.54) is 33.7 Å². The second-order valence-electron chi connectivity index (χ2n) is 15.7. The molecular weight excluding hydrogens is 943 g/mol. The predicted molar refractivity (Wildman–Crippen MR) is 232 cm³/mol. The van der Waals surface area contributed by atoms with Gasteiger partial charge in [-0.2, -0.15) is 0 Å². The normalized spacial score (nSPS) is 24.6. The first-order valence-corrected chi connectivity index (χ1v) is 21.6. The second-order valence-corrected chi connectivity index (χ2v) is 16.5. The smallest absolute Gasteiger partial charge is 0.303 e. The first-order valence-electron chi connectivity index (χ1n) is 20.8. The number of hydrogen-bond donors (Lipinski definition) is 0. The third kappa shape index (κ3) is 11.1. The van der Waals surface area contributed by atoms with Crippen molar-refractivity contribution < 1.29 is 90.5 Å². The topological polar surface area (TPSA) is 256 Å². The Morgan fingerprint density at radius 3 is 1.07 bits per heavy atom. The van der Waals surface area contributed by atoms with E-state index in [-0.39, 0.29) is 43.0 Å². The SMILES string of the molecule is CC(=O)OC[C@H]1O[C@@H](n2cc(C(=O)c3cn([C@@H]4O[C@H](COC(C)=O)[C@@H](OC(C)=O)[C@H](OC(C)=O)[C@H]4OC(C)=O)c4cccc(Cl)c34)c3c(Cl)cccc32)[C@H](OC(C)=O)[C@@H](OC(C)=O)[C@@H]1OC(C)=O. The van der Waals surface area contributed by atoms with E-state index >= 15 is 4.79 Å². The van der Waals surface area contributed by atoms with Gasteiger partial charge in [-0.25, -0.2) is 0 Å². The highest BCUT2D eigenvalue weighted by atomic mass is 35.5. The average molecular weight is 990 g/mol. The second kappa shape index (κ2) is 21.2. The molecule has 0 radical (unpaired) electrons. The van der Waals surface area contributed by atoms with Crippen LogP contribution in [0.1, 0.15) is 83.8 Å². The van der Waals surface area contributed by atoms with Crippen LogP contribution >= 0.6 is 23.2 Å². The highest BCUT2D eigenvalue weighted by Crippen LogP contribution is 2.43. The first-order chi connectivity index (χ1) is 32.1. The summed E-state index contributed by atoms with van der Waals surface area (Å²) < 4.78 is 60.0. The van der Waals surface area contributed by atoms with Gasteiger partial charge < -0.3 is 56.5 Å². The lowest BCUT2D eigenvalue weighted by atomic mass is 9.97. The standard InChI is InChI=1S/C45H46Cl2N2O19/c1-19(50)59-17-33-38(61-21(3)52)40(63-23(5)54)42(65-25(7)56)44(67-33)48-15-27(35-29(46)11-9-13-31(35)48)37(58)28-16-49(32-14-10-12-30(47)36(28)32)45-43(66-26(8)57)41(64-24(6)55)39(62-22(4)53)34(68-45)18-60-20(2)51/h9-16,33-34,38-45H,17-18H2,1-8H3/t33-,34-,38-,39-,40+,41+,42-,43-,44-,45-/m1/s1. The van der Waals surface area contributed by atoms with E-state index in [2.05, 4.69) is 0 Å². The van der Waals surface area contributed by atoms with Gasteiger partial charge in [0.25, 0.3) is 0 Å². The zero-order chi connectivity index (χ0) is 49.9. The van der Waals surface area contributed by atoms with Crippen molar-refractivity contribution in [2.24, 2.45) is 0 Å². The van der Waals surface area contributed by atoms with Crippen molar-refractivity contribution in [3.63, 3.8) is 0 Å². The summed E-state index contributed by atoms with van der Waals surface area (Å²) in [5.41, 5.74) is 0.269. The van der Waals surface area contributed by atoms with Crippen molar-refractivity contribution in [2.45, 2.75) is 117 Å². The summed E-state index contributed by atoms with van der Waals surface area (Å²) in [5.74, 6) is -7.32. The minimum Gasteiger partial charge on any atom is -0.463 e. The Kier molecular flexibility index (Phi) is 15.8. The molecule has 2 aliphatic rings. The van der Waals surface area contributed by atoms with Gasteiger partial charge in [0.05, 0.1) is 21.1 Å². The Labute approximate surface area is 396 Å². The van der Waals surface area contributed by atoms with E-state index in [1.54, 1.807) is 24.3 Å². The fourth-order valence-corrected chi connectivity index (χ4v) is 8.85. The molecule has 21 nitrogen and oxygen atoms in total. The quantitative estimate of drug-likeness (QED) is 0.0947. The summed E-state index contributed by atoms with van der Waals surface area (Å²) in [7, 11) is 0. The summed E-state index contributed by atoms with van der Waals surface area (Å²) >= 11 is 13.8. The Hall–Kier alpha value is -6.55. The zero-order valence-electron chi connectivity index (χ0n) is 37.7. The third-order valence-electron chi connectivity index (χ3n) is 10.6. The number of rotatable bonds is 14. The van der Waals surface area contributed by atoms with Crippen LogP contribution in [0, 0.1) is 0 Å². The number of nitrogens with zero attached hydrogens (tertiary/aromatic N) is 2. The largest absolute Gasteiger partial charge is 0.463 e. The van der Waals surface area contributed by atoms with Crippen molar-refractivity contribution >= 4 is 98.5 Å². The molecule has 364 valence electrons. The molecule has 4 aromatic rings. The molecule has 4 heterocycles. The Bertz CT molecular complexity index is 2500. The molecule has 0 spiro atoms. The van der Waals surface area contributed by atoms with Gasteiger partial charge in [-0.15, -0.1) is 0 Å². The van der Waals surface area contributed by atoms with Crippen LogP contribution in [0.5, 0.6) is 0 Å². The van der Waals surface area contributed by atoms with Crippen LogP contribution in [-0.2, 0) is 85.7 Å². The molecule has 0 aliphatic carbocycles. The van der Waals surface area contributed by atoms with Crippen LogP contribution in [0.3, 0.4) is 0 Å². The van der Waals surface area contributed by atoms with E-state index in [1.807, 2.05) is 0 Å². The average Bonchev–Trinajstić information content (AvgIpc) is 3.82. The predicted octanol–water partition coefficient (Wildman–Crippen LogP) is 4.65. The maximum absolute atomic E-state index is 15.4. The lowest BCUT2D eigenvalue weighted by Gasteiger charge is -2.44. The van der Waals surface area contributed by atoms with Gasteiger partial charge in [0.1, 0.15) is 25.4 Å². The van der Waals surface area contributed by atoms with Crippen molar-refractivity contribution in [3.05, 3.63) is 70.0 Å². The minimum absolute atomic E-state index is 0.0599. The summed E-state index contributed by atoms with van der Waals surface area (Å²) in [6.07, 6.45) is -12.3. The van der Waals surface area contributed by atoms with Crippen molar-refractivity contribution in [2.75, 3.05) is 13.2 Å². The number of fused-ring (bicyclic) bond motifs is 2. The van der Waals surface area contributed by atoms with Crippen molar-refractivity contribution in [1.29, 1.82) is 0 Å². The van der Waals surface area contributed by atoms with E-state index in [9.17, 15) is 38.4 Å². The summed E-state index contributed by atoms with van der Waals surface area (Å²) in [5, 5.41) is 0.411. The number of hydrogen-bond acceptors (Lipinski definition) is 19. The fraction of sp³-hybridized carbons (Fsp3) is 0.444. The molecule has 68 heavy (non-hydrogen) atoms. The highest BCUT2D eigenvalue weighted by molar-refractivity contribution is 6.39. The lowest BCUT2D eigenvalue weighted by Crippen LogP contribution is -2.60. The number of ether oxygens (including phenoxy) is 10. The molecule has 0 unspecified atom stereocenters. The molecule has 2 fully saturated rings. The van der Waals surface area contributed by atoms with Gasteiger partial charge in [-0.1, -0.05) is 35.3 Å². The lowest BCUT2D eigenvalue weighted by molar-refractivity contribution is -0.267. The number of esters is 8. The molecule has 0 N–H and O–H groups in total. The van der Waals surface area contributed by atoms with Gasteiger partial charge >= 0.3 is 47.8 Å².